The highest BCUT2D eigenvalue weighted by Crippen LogP contribution is 2.13. The highest BCUT2D eigenvalue weighted by Gasteiger charge is 2.13. The van der Waals surface area contributed by atoms with Gasteiger partial charge < -0.3 is 9.47 Å². The monoisotopic (exact) mass is 675 g/mol. The van der Waals surface area contributed by atoms with Crippen molar-refractivity contribution < 1.29 is 28.7 Å². The quantitative estimate of drug-likeness (QED) is 0.0288. The molecule has 0 aliphatic rings. The smallest absolute Gasteiger partial charge is 0.313 e. The first-order chi connectivity index (χ1) is 23.5. The van der Waals surface area contributed by atoms with E-state index in [4.69, 9.17) is 9.47 Å². The van der Waals surface area contributed by atoms with Gasteiger partial charge in [-0.2, -0.15) is 0 Å². The van der Waals surface area contributed by atoms with Crippen LogP contribution < -0.4 is 0 Å². The first-order valence-electron chi connectivity index (χ1n) is 20.3. The zero-order chi connectivity index (χ0) is 35.2. The van der Waals surface area contributed by atoms with Gasteiger partial charge in [0, 0.05) is 25.7 Å². The molecule has 0 unspecified atom stereocenters. The van der Waals surface area contributed by atoms with Gasteiger partial charge in [-0.15, -0.1) is 0 Å². The van der Waals surface area contributed by atoms with Gasteiger partial charge >= 0.3 is 23.9 Å². The number of hydrogen-bond donors (Lipinski definition) is 0. The van der Waals surface area contributed by atoms with Crippen LogP contribution in [-0.4, -0.2) is 23.9 Å². The third-order valence-corrected chi connectivity index (χ3v) is 8.75. The number of carbonyl (C=O) groups excluding carboxylic acids is 4. The van der Waals surface area contributed by atoms with E-state index in [1.165, 1.54) is 103 Å². The molecule has 0 saturated carbocycles. The lowest BCUT2D eigenvalue weighted by Gasteiger charge is -2.05. The Morgan fingerprint density at radius 1 is 0.312 bits per heavy atom. The van der Waals surface area contributed by atoms with Crippen LogP contribution in [0.1, 0.15) is 219 Å². The van der Waals surface area contributed by atoms with Crippen molar-refractivity contribution in [1.82, 2.24) is 0 Å². The van der Waals surface area contributed by atoms with Crippen LogP contribution in [0.5, 0.6) is 0 Å². The zero-order valence-electron chi connectivity index (χ0n) is 31.4. The average Bonchev–Trinajstić information content (AvgIpc) is 3.06. The molecular weight excluding hydrogens is 600 g/mol. The van der Waals surface area contributed by atoms with E-state index in [1.807, 2.05) is 0 Å². The SMILES string of the molecule is CCCCCCCC/C=C\CCCCCCCC(=O)OC(=O)CCCCC(=O)OC(=O)CCCCCCC/C=C\CCCCCCCC. The van der Waals surface area contributed by atoms with E-state index in [0.29, 0.717) is 12.8 Å². The summed E-state index contributed by atoms with van der Waals surface area (Å²) in [6.45, 7) is 4.50. The van der Waals surface area contributed by atoms with Gasteiger partial charge in [0.05, 0.1) is 0 Å². The van der Waals surface area contributed by atoms with E-state index in [2.05, 4.69) is 38.2 Å². The third-order valence-electron chi connectivity index (χ3n) is 8.75. The Balaban J connectivity index is 3.54. The van der Waals surface area contributed by atoms with E-state index in [-0.39, 0.29) is 25.7 Å². The molecule has 278 valence electrons. The molecule has 0 aromatic carbocycles. The van der Waals surface area contributed by atoms with E-state index < -0.39 is 23.9 Å². The van der Waals surface area contributed by atoms with Gasteiger partial charge in [-0.3, -0.25) is 19.2 Å². The largest absolute Gasteiger partial charge is 0.393 e. The number of esters is 4. The molecular formula is C42H74O6. The number of ether oxygens (including phenoxy) is 2. The first kappa shape index (κ1) is 45.8. The molecule has 0 fully saturated rings. The molecule has 0 bridgehead atoms. The molecule has 0 aromatic heterocycles. The van der Waals surface area contributed by atoms with Crippen molar-refractivity contribution in [3.8, 4) is 0 Å². The maximum Gasteiger partial charge on any atom is 0.313 e. The van der Waals surface area contributed by atoms with Gasteiger partial charge in [0.25, 0.3) is 0 Å². The molecule has 0 aliphatic heterocycles. The minimum atomic E-state index is -0.554. The summed E-state index contributed by atoms with van der Waals surface area (Å²) in [5.41, 5.74) is 0. The Labute approximate surface area is 295 Å². The molecule has 0 atom stereocenters. The maximum absolute atomic E-state index is 11.9. The fourth-order valence-corrected chi connectivity index (χ4v) is 5.68. The van der Waals surface area contributed by atoms with Crippen molar-refractivity contribution >= 4 is 23.9 Å². The summed E-state index contributed by atoms with van der Waals surface area (Å²) >= 11 is 0. The second-order valence-corrected chi connectivity index (χ2v) is 13.6. The number of rotatable bonds is 35. The van der Waals surface area contributed by atoms with E-state index in [0.717, 1.165) is 64.2 Å². The molecule has 0 rings (SSSR count). The molecule has 0 aliphatic carbocycles. The van der Waals surface area contributed by atoms with Crippen LogP contribution >= 0.6 is 0 Å². The molecule has 0 spiro atoms. The fraction of sp³-hybridized carbons (Fsp3) is 0.810. The predicted octanol–water partition coefficient (Wildman–Crippen LogP) is 12.8. The van der Waals surface area contributed by atoms with Crippen LogP contribution in [0, 0.1) is 0 Å². The summed E-state index contributed by atoms with van der Waals surface area (Å²) < 4.78 is 9.80. The van der Waals surface area contributed by atoms with Crippen LogP contribution in [0.15, 0.2) is 24.3 Å². The summed E-state index contributed by atoms with van der Waals surface area (Å²) in [5.74, 6) is -2.06. The van der Waals surface area contributed by atoms with Crippen LogP contribution in [0.4, 0.5) is 0 Å². The molecule has 6 heteroatoms. The lowest BCUT2D eigenvalue weighted by Crippen LogP contribution is -2.13. The van der Waals surface area contributed by atoms with Gasteiger partial charge in [-0.1, -0.05) is 141 Å². The topological polar surface area (TPSA) is 86.7 Å². The van der Waals surface area contributed by atoms with Crippen molar-refractivity contribution in [2.45, 2.75) is 219 Å². The van der Waals surface area contributed by atoms with Crippen molar-refractivity contribution in [3.63, 3.8) is 0 Å². The fourth-order valence-electron chi connectivity index (χ4n) is 5.68. The molecule has 0 aromatic rings. The average molecular weight is 675 g/mol. The number of carbonyl (C=O) groups is 4. The Kier molecular flexibility index (Phi) is 35.8. The molecule has 0 amide bonds. The van der Waals surface area contributed by atoms with Crippen LogP contribution in [0.2, 0.25) is 0 Å². The molecule has 6 nitrogen and oxygen atoms in total. The Morgan fingerprint density at radius 3 is 0.792 bits per heavy atom. The van der Waals surface area contributed by atoms with Gasteiger partial charge in [0.15, 0.2) is 0 Å². The van der Waals surface area contributed by atoms with Gasteiger partial charge in [-0.25, -0.2) is 0 Å². The van der Waals surface area contributed by atoms with Crippen LogP contribution in [-0.2, 0) is 28.7 Å². The lowest BCUT2D eigenvalue weighted by molar-refractivity contribution is -0.162. The summed E-state index contributed by atoms with van der Waals surface area (Å²) in [6.07, 6.45) is 41.7. The summed E-state index contributed by atoms with van der Waals surface area (Å²) in [7, 11) is 0. The third kappa shape index (κ3) is 36.6. The summed E-state index contributed by atoms with van der Waals surface area (Å²) in [6, 6.07) is 0. The molecule has 48 heavy (non-hydrogen) atoms. The van der Waals surface area contributed by atoms with Crippen molar-refractivity contribution in [2.24, 2.45) is 0 Å². The molecule has 0 heterocycles. The van der Waals surface area contributed by atoms with Gasteiger partial charge in [0.2, 0.25) is 0 Å². The van der Waals surface area contributed by atoms with E-state index in [1.54, 1.807) is 0 Å². The molecule has 0 N–H and O–H groups in total. The van der Waals surface area contributed by atoms with Crippen molar-refractivity contribution in [2.75, 3.05) is 0 Å². The van der Waals surface area contributed by atoms with E-state index >= 15 is 0 Å². The minimum Gasteiger partial charge on any atom is -0.393 e. The highest BCUT2D eigenvalue weighted by molar-refractivity contribution is 5.86. The maximum atomic E-state index is 11.9. The summed E-state index contributed by atoms with van der Waals surface area (Å²) in [4.78, 5) is 47.7. The predicted molar refractivity (Wildman–Crippen MR) is 200 cm³/mol. The normalized spacial score (nSPS) is 11.5. The standard InChI is InChI=1S/C42H74O6/c1-3-5-7-9-11-13-15-17-19-21-23-25-27-29-31-35-39(43)47-41(45)37-33-34-38-42(46)48-40(44)36-32-30-28-26-24-22-20-18-16-14-12-10-8-6-4-2/h17-20H,3-16,21-38H2,1-2H3/b19-17-,20-18-. The van der Waals surface area contributed by atoms with Crippen LogP contribution in [0.3, 0.4) is 0 Å². The highest BCUT2D eigenvalue weighted by atomic mass is 16.6. The second-order valence-electron chi connectivity index (χ2n) is 13.6. The second kappa shape index (κ2) is 37.6. The van der Waals surface area contributed by atoms with Crippen LogP contribution in [0.25, 0.3) is 0 Å². The molecule has 0 radical (unpaired) electrons. The van der Waals surface area contributed by atoms with Gasteiger partial charge in [-0.05, 0) is 77.0 Å². The number of allylic oxidation sites excluding steroid dienone is 4. The Hall–Kier alpha value is -2.24. The Bertz CT molecular complexity index is 762. The number of hydrogen-bond acceptors (Lipinski definition) is 6. The van der Waals surface area contributed by atoms with Crippen molar-refractivity contribution in [3.05, 3.63) is 24.3 Å². The Morgan fingerprint density at radius 2 is 0.521 bits per heavy atom. The lowest BCUT2D eigenvalue weighted by atomic mass is 10.1. The zero-order valence-corrected chi connectivity index (χ0v) is 31.4. The number of unbranched alkanes of at least 4 members (excludes halogenated alkanes) is 23. The van der Waals surface area contributed by atoms with Gasteiger partial charge in [0.1, 0.15) is 0 Å². The van der Waals surface area contributed by atoms with Crippen molar-refractivity contribution in [1.29, 1.82) is 0 Å². The summed E-state index contributed by atoms with van der Waals surface area (Å²) in [5, 5.41) is 0. The molecule has 0 saturated heterocycles. The van der Waals surface area contributed by atoms with E-state index in [9.17, 15) is 19.2 Å². The minimum absolute atomic E-state index is 0.0776. The first-order valence-corrected chi connectivity index (χ1v) is 20.3.